The summed E-state index contributed by atoms with van der Waals surface area (Å²) < 4.78 is 0. The van der Waals surface area contributed by atoms with E-state index in [-0.39, 0.29) is 11.5 Å². The Labute approximate surface area is 104 Å². The van der Waals surface area contributed by atoms with Gasteiger partial charge in [-0.05, 0) is 19.8 Å². The second-order valence-electron chi connectivity index (χ2n) is 4.91. The number of hydrogen-bond donors (Lipinski definition) is 3. The van der Waals surface area contributed by atoms with E-state index >= 15 is 0 Å². The molecule has 1 unspecified atom stereocenters. The molecule has 2 heterocycles. The van der Waals surface area contributed by atoms with E-state index in [9.17, 15) is 4.79 Å². The molecule has 0 fully saturated rings. The van der Waals surface area contributed by atoms with Crippen LogP contribution in [0.5, 0.6) is 0 Å². The van der Waals surface area contributed by atoms with Gasteiger partial charge in [0, 0.05) is 36.1 Å². The summed E-state index contributed by atoms with van der Waals surface area (Å²) in [5, 5.41) is 0. The van der Waals surface area contributed by atoms with Gasteiger partial charge in [0.2, 0.25) is 0 Å². The molecule has 0 radical (unpaired) electrons. The Balaban J connectivity index is 2.05. The summed E-state index contributed by atoms with van der Waals surface area (Å²) in [4.78, 5) is 22.7. The van der Waals surface area contributed by atoms with E-state index in [1.54, 1.807) is 12.3 Å². The molecule has 0 saturated carbocycles. The molecule has 5 heteroatoms. The van der Waals surface area contributed by atoms with Crippen LogP contribution in [0.2, 0.25) is 0 Å². The van der Waals surface area contributed by atoms with Crippen molar-refractivity contribution in [3.63, 3.8) is 0 Å². The maximum atomic E-state index is 11.9. The van der Waals surface area contributed by atoms with Crippen molar-refractivity contribution in [2.75, 3.05) is 0 Å². The Morgan fingerprint density at radius 1 is 1.50 bits per heavy atom. The summed E-state index contributed by atoms with van der Waals surface area (Å²) in [6.07, 6.45) is 4.37. The molecule has 5 nitrogen and oxygen atoms in total. The average Bonchev–Trinajstić information content (AvgIpc) is 2.71. The maximum Gasteiger partial charge on any atom is 0.192 e. The number of nitrogens with one attached hydrogen (secondary N) is 2. The van der Waals surface area contributed by atoms with E-state index in [1.807, 2.05) is 6.92 Å². The average molecular weight is 244 g/mol. The lowest BCUT2D eigenvalue weighted by Crippen LogP contribution is -2.27. The van der Waals surface area contributed by atoms with Crippen LogP contribution in [0.4, 0.5) is 0 Å². The highest BCUT2D eigenvalue weighted by Crippen LogP contribution is 2.21. The Kier molecular flexibility index (Phi) is 2.56. The third-order valence-electron chi connectivity index (χ3n) is 3.40. The lowest BCUT2D eigenvalue weighted by atomic mass is 9.97. The van der Waals surface area contributed by atoms with E-state index in [1.165, 1.54) is 0 Å². The molecular weight excluding hydrogens is 228 g/mol. The van der Waals surface area contributed by atoms with Crippen molar-refractivity contribution in [1.82, 2.24) is 15.0 Å². The smallest absolute Gasteiger partial charge is 0.192 e. The Morgan fingerprint density at radius 3 is 3.11 bits per heavy atom. The second-order valence-corrected chi connectivity index (χ2v) is 4.91. The normalized spacial score (nSPS) is 18.7. The van der Waals surface area contributed by atoms with Crippen LogP contribution in [0.3, 0.4) is 0 Å². The minimum atomic E-state index is -0.0124. The standard InChI is InChI=1S/C13H16N4O/c1-7-4-12(18)9(6-15-7)13-16-10-3-2-8(14)5-11(10)17-13/h4,6,8H,2-3,5,14H2,1H3,(H,15,18)(H,16,17). The third kappa shape index (κ3) is 1.86. The van der Waals surface area contributed by atoms with Crippen LogP contribution < -0.4 is 11.2 Å². The van der Waals surface area contributed by atoms with Crippen molar-refractivity contribution in [2.45, 2.75) is 32.2 Å². The van der Waals surface area contributed by atoms with Gasteiger partial charge in [-0.3, -0.25) is 4.79 Å². The number of nitrogens with zero attached hydrogens (tertiary/aromatic N) is 1. The van der Waals surface area contributed by atoms with E-state index in [2.05, 4.69) is 15.0 Å². The van der Waals surface area contributed by atoms with Gasteiger partial charge < -0.3 is 15.7 Å². The minimum absolute atomic E-state index is 0.0124. The number of aromatic nitrogens is 3. The molecule has 0 bridgehead atoms. The summed E-state index contributed by atoms with van der Waals surface area (Å²) in [5.41, 5.74) is 9.48. The quantitative estimate of drug-likeness (QED) is 0.696. The van der Waals surface area contributed by atoms with E-state index in [0.717, 1.165) is 36.3 Å². The number of rotatable bonds is 1. The first kappa shape index (κ1) is 11.2. The van der Waals surface area contributed by atoms with Gasteiger partial charge in [0.25, 0.3) is 0 Å². The Morgan fingerprint density at radius 2 is 2.33 bits per heavy atom. The van der Waals surface area contributed by atoms with Crippen LogP contribution in [-0.4, -0.2) is 21.0 Å². The van der Waals surface area contributed by atoms with Crippen LogP contribution in [-0.2, 0) is 12.8 Å². The van der Waals surface area contributed by atoms with Gasteiger partial charge in [0.1, 0.15) is 5.82 Å². The number of nitrogens with two attached hydrogens (primary N) is 1. The van der Waals surface area contributed by atoms with Gasteiger partial charge in [0.05, 0.1) is 11.3 Å². The summed E-state index contributed by atoms with van der Waals surface area (Å²) in [5.74, 6) is 0.648. The predicted octanol–water partition coefficient (Wildman–Crippen LogP) is 0.889. The molecule has 0 saturated heterocycles. The van der Waals surface area contributed by atoms with Gasteiger partial charge in [-0.15, -0.1) is 0 Å². The van der Waals surface area contributed by atoms with Crippen LogP contribution in [0.15, 0.2) is 17.1 Å². The fourth-order valence-corrected chi connectivity index (χ4v) is 2.39. The molecular formula is C13H16N4O. The van der Waals surface area contributed by atoms with Crippen molar-refractivity contribution in [3.8, 4) is 11.4 Å². The highest BCUT2D eigenvalue weighted by atomic mass is 16.1. The van der Waals surface area contributed by atoms with E-state index in [4.69, 9.17) is 5.73 Å². The van der Waals surface area contributed by atoms with Crippen molar-refractivity contribution in [1.29, 1.82) is 0 Å². The first-order valence-corrected chi connectivity index (χ1v) is 6.16. The van der Waals surface area contributed by atoms with Crippen molar-refractivity contribution < 1.29 is 0 Å². The fraction of sp³-hybridized carbons (Fsp3) is 0.385. The molecule has 0 spiro atoms. The van der Waals surface area contributed by atoms with Gasteiger partial charge in [-0.2, -0.15) is 0 Å². The zero-order chi connectivity index (χ0) is 12.7. The van der Waals surface area contributed by atoms with Crippen LogP contribution in [0, 0.1) is 6.92 Å². The zero-order valence-corrected chi connectivity index (χ0v) is 10.3. The lowest BCUT2D eigenvalue weighted by molar-refractivity contribution is 0.565. The summed E-state index contributed by atoms with van der Waals surface area (Å²) in [6, 6.07) is 1.78. The molecule has 3 rings (SSSR count). The molecule has 0 aliphatic heterocycles. The molecule has 1 aliphatic rings. The molecule has 1 aliphatic carbocycles. The fourth-order valence-electron chi connectivity index (χ4n) is 2.39. The largest absolute Gasteiger partial charge is 0.364 e. The predicted molar refractivity (Wildman–Crippen MR) is 69.4 cm³/mol. The third-order valence-corrected chi connectivity index (χ3v) is 3.40. The number of aromatic amines is 2. The maximum absolute atomic E-state index is 11.9. The number of H-pyrrole nitrogens is 2. The molecule has 2 aromatic heterocycles. The second kappa shape index (κ2) is 4.10. The summed E-state index contributed by atoms with van der Waals surface area (Å²) in [7, 11) is 0. The van der Waals surface area contributed by atoms with Crippen molar-refractivity contribution >= 4 is 0 Å². The van der Waals surface area contributed by atoms with Gasteiger partial charge in [-0.25, -0.2) is 4.98 Å². The Bertz CT molecular complexity index is 641. The Hall–Kier alpha value is -1.88. The van der Waals surface area contributed by atoms with Crippen molar-refractivity contribution in [2.24, 2.45) is 5.73 Å². The molecule has 0 amide bonds. The number of pyridine rings is 1. The number of aryl methyl sites for hydroxylation is 2. The molecule has 18 heavy (non-hydrogen) atoms. The number of fused-ring (bicyclic) bond motifs is 1. The van der Waals surface area contributed by atoms with Crippen LogP contribution in [0.25, 0.3) is 11.4 Å². The van der Waals surface area contributed by atoms with Gasteiger partial charge in [0.15, 0.2) is 5.43 Å². The monoisotopic (exact) mass is 244 g/mol. The molecule has 1 atom stereocenters. The van der Waals surface area contributed by atoms with E-state index in [0.29, 0.717) is 11.4 Å². The molecule has 2 aromatic rings. The van der Waals surface area contributed by atoms with Crippen LogP contribution >= 0.6 is 0 Å². The zero-order valence-electron chi connectivity index (χ0n) is 10.3. The first-order valence-electron chi connectivity index (χ1n) is 6.16. The molecule has 0 aromatic carbocycles. The van der Waals surface area contributed by atoms with E-state index < -0.39 is 0 Å². The topological polar surface area (TPSA) is 87.6 Å². The highest BCUT2D eigenvalue weighted by Gasteiger charge is 2.20. The molecule has 94 valence electrons. The number of imidazole rings is 1. The van der Waals surface area contributed by atoms with Gasteiger partial charge >= 0.3 is 0 Å². The SMILES string of the molecule is Cc1cc(=O)c(-c2nc3c([nH]2)CC(N)CC3)c[nH]1. The van der Waals surface area contributed by atoms with Crippen LogP contribution in [0.1, 0.15) is 23.5 Å². The first-order chi connectivity index (χ1) is 8.63. The van der Waals surface area contributed by atoms with Crippen molar-refractivity contribution in [3.05, 3.63) is 39.6 Å². The summed E-state index contributed by atoms with van der Waals surface area (Å²) >= 11 is 0. The minimum Gasteiger partial charge on any atom is -0.364 e. The summed E-state index contributed by atoms with van der Waals surface area (Å²) in [6.45, 7) is 1.86. The highest BCUT2D eigenvalue weighted by molar-refractivity contribution is 5.54. The van der Waals surface area contributed by atoms with Gasteiger partial charge in [-0.1, -0.05) is 0 Å². The molecule has 4 N–H and O–H groups in total. The number of hydrogen-bond acceptors (Lipinski definition) is 3. The lowest BCUT2D eigenvalue weighted by Gasteiger charge is -2.15.